The average Bonchev–Trinajstić information content (AvgIpc) is 2.66. The molecule has 0 bridgehead atoms. The molecule has 2 aromatic rings. The summed E-state index contributed by atoms with van der Waals surface area (Å²) in [6.07, 6.45) is 1.67. The van der Waals surface area contributed by atoms with Gasteiger partial charge < -0.3 is 15.8 Å². The van der Waals surface area contributed by atoms with Crippen molar-refractivity contribution in [2.24, 2.45) is 0 Å². The highest BCUT2D eigenvalue weighted by atomic mass is 32.1. The molecule has 3 N–H and O–H groups in total. The Morgan fingerprint density at radius 2 is 2.38 bits per heavy atom. The van der Waals surface area contributed by atoms with Crippen molar-refractivity contribution < 1.29 is 9.53 Å². The van der Waals surface area contributed by atoms with Crippen LogP contribution in [0.25, 0.3) is 10.2 Å². The monoisotopic (exact) mass is 237 g/mol. The van der Waals surface area contributed by atoms with E-state index < -0.39 is 5.97 Å². The van der Waals surface area contributed by atoms with Gasteiger partial charge in [-0.2, -0.15) is 0 Å². The molecule has 0 aromatic carbocycles. The van der Waals surface area contributed by atoms with Crippen LogP contribution in [0.3, 0.4) is 0 Å². The SMILES string of the molecule is CNc1ccnc2sc(C(=O)OC)c(N)c12. The van der Waals surface area contributed by atoms with E-state index in [4.69, 9.17) is 5.73 Å². The van der Waals surface area contributed by atoms with Crippen LogP contribution < -0.4 is 11.1 Å². The predicted molar refractivity (Wildman–Crippen MR) is 64.9 cm³/mol. The Kier molecular flexibility index (Phi) is 2.66. The van der Waals surface area contributed by atoms with Crippen LogP contribution in [0.1, 0.15) is 9.67 Å². The quantitative estimate of drug-likeness (QED) is 0.777. The fourth-order valence-corrected chi connectivity index (χ4v) is 2.51. The largest absolute Gasteiger partial charge is 0.465 e. The lowest BCUT2D eigenvalue weighted by Gasteiger charge is -2.02. The van der Waals surface area contributed by atoms with E-state index in [1.807, 2.05) is 6.07 Å². The van der Waals surface area contributed by atoms with Gasteiger partial charge >= 0.3 is 5.97 Å². The van der Waals surface area contributed by atoms with Crippen LogP contribution in [0.4, 0.5) is 11.4 Å². The van der Waals surface area contributed by atoms with Crippen LogP contribution >= 0.6 is 11.3 Å². The van der Waals surface area contributed by atoms with Gasteiger partial charge in [0.1, 0.15) is 9.71 Å². The number of nitrogens with one attached hydrogen (secondary N) is 1. The maximum Gasteiger partial charge on any atom is 0.350 e. The van der Waals surface area contributed by atoms with Crippen LogP contribution in [-0.4, -0.2) is 25.1 Å². The molecule has 0 radical (unpaired) electrons. The molecular formula is C10H11N3O2S. The lowest BCUT2D eigenvalue weighted by Crippen LogP contribution is -2.02. The van der Waals surface area contributed by atoms with Gasteiger partial charge in [0.25, 0.3) is 0 Å². The normalized spacial score (nSPS) is 10.4. The molecule has 0 aliphatic heterocycles. The summed E-state index contributed by atoms with van der Waals surface area (Å²) in [5.74, 6) is -0.428. The molecule has 16 heavy (non-hydrogen) atoms. The van der Waals surface area contributed by atoms with E-state index in [-0.39, 0.29) is 0 Å². The first-order chi connectivity index (χ1) is 7.69. The smallest absolute Gasteiger partial charge is 0.350 e. The second-order valence-corrected chi connectivity index (χ2v) is 4.12. The summed E-state index contributed by atoms with van der Waals surface area (Å²) in [5.41, 5.74) is 7.20. The van der Waals surface area contributed by atoms with Crippen molar-refractivity contribution in [3.8, 4) is 0 Å². The standard InChI is InChI=1S/C10H11N3O2S/c1-12-5-3-4-13-9-6(5)7(11)8(16-9)10(14)15-2/h3-4H,11H2,1-2H3,(H,12,13). The van der Waals surface area contributed by atoms with E-state index in [1.165, 1.54) is 18.4 Å². The number of carbonyl (C=O) groups excluding carboxylic acids is 1. The molecule has 2 aromatic heterocycles. The van der Waals surface area contributed by atoms with Crippen LogP contribution in [-0.2, 0) is 4.74 Å². The Morgan fingerprint density at radius 3 is 3.00 bits per heavy atom. The molecule has 5 nitrogen and oxygen atoms in total. The van der Waals surface area contributed by atoms with E-state index in [0.717, 1.165) is 15.9 Å². The number of methoxy groups -OCH3 is 1. The molecule has 2 heterocycles. The topological polar surface area (TPSA) is 77.2 Å². The first-order valence-electron chi connectivity index (χ1n) is 4.62. The Labute approximate surface area is 96.2 Å². The van der Waals surface area contributed by atoms with Gasteiger partial charge in [0.05, 0.1) is 18.2 Å². The summed E-state index contributed by atoms with van der Waals surface area (Å²) in [6.45, 7) is 0. The Bertz CT molecular complexity index is 550. The summed E-state index contributed by atoms with van der Waals surface area (Å²) in [5, 5.41) is 3.79. The van der Waals surface area contributed by atoms with Crippen molar-refractivity contribution in [1.82, 2.24) is 4.98 Å². The number of ether oxygens (including phenoxy) is 1. The summed E-state index contributed by atoms with van der Waals surface area (Å²) >= 11 is 1.24. The third kappa shape index (κ3) is 1.47. The minimum atomic E-state index is -0.428. The zero-order chi connectivity index (χ0) is 11.7. The van der Waals surface area contributed by atoms with Crippen molar-refractivity contribution in [2.45, 2.75) is 0 Å². The number of nitrogens with two attached hydrogens (primary N) is 1. The van der Waals surface area contributed by atoms with Crippen molar-refractivity contribution in [1.29, 1.82) is 0 Å². The molecule has 0 fully saturated rings. The molecule has 0 aliphatic carbocycles. The number of carbonyl (C=O) groups is 1. The summed E-state index contributed by atoms with van der Waals surface area (Å²) in [4.78, 5) is 16.8. The van der Waals surface area contributed by atoms with Gasteiger partial charge in [0.2, 0.25) is 0 Å². The Morgan fingerprint density at radius 1 is 1.62 bits per heavy atom. The number of fused-ring (bicyclic) bond motifs is 1. The van der Waals surface area contributed by atoms with E-state index in [0.29, 0.717) is 10.6 Å². The second kappa shape index (κ2) is 3.97. The Hall–Kier alpha value is -1.82. The first-order valence-corrected chi connectivity index (χ1v) is 5.43. The van der Waals surface area contributed by atoms with E-state index >= 15 is 0 Å². The number of pyridine rings is 1. The fourth-order valence-electron chi connectivity index (χ4n) is 1.50. The third-order valence-corrected chi connectivity index (χ3v) is 3.36. The number of hydrogen-bond donors (Lipinski definition) is 2. The lowest BCUT2D eigenvalue weighted by molar-refractivity contribution is 0.0607. The number of anilines is 2. The molecule has 0 spiro atoms. The van der Waals surface area contributed by atoms with E-state index in [1.54, 1.807) is 13.2 Å². The molecule has 84 valence electrons. The lowest BCUT2D eigenvalue weighted by atomic mass is 10.2. The summed E-state index contributed by atoms with van der Waals surface area (Å²) < 4.78 is 4.66. The Balaban J connectivity index is 2.73. The van der Waals surface area contributed by atoms with Crippen molar-refractivity contribution in [2.75, 3.05) is 25.2 Å². The van der Waals surface area contributed by atoms with Gasteiger partial charge in [0.15, 0.2) is 0 Å². The van der Waals surface area contributed by atoms with Gasteiger partial charge in [-0.05, 0) is 6.07 Å². The van der Waals surface area contributed by atoms with E-state index in [2.05, 4.69) is 15.0 Å². The molecule has 0 atom stereocenters. The summed E-state index contributed by atoms with van der Waals surface area (Å²) in [7, 11) is 3.13. The number of aromatic nitrogens is 1. The highest BCUT2D eigenvalue weighted by Crippen LogP contribution is 2.36. The summed E-state index contributed by atoms with van der Waals surface area (Å²) in [6, 6.07) is 1.81. The number of esters is 1. The number of rotatable bonds is 2. The van der Waals surface area contributed by atoms with Crippen LogP contribution in [0.2, 0.25) is 0 Å². The van der Waals surface area contributed by atoms with Crippen LogP contribution in [0.15, 0.2) is 12.3 Å². The molecular weight excluding hydrogens is 226 g/mol. The molecule has 0 aliphatic rings. The fraction of sp³-hybridized carbons (Fsp3) is 0.200. The highest BCUT2D eigenvalue weighted by Gasteiger charge is 2.19. The zero-order valence-electron chi connectivity index (χ0n) is 8.90. The number of nitrogens with zero attached hydrogens (tertiary/aromatic N) is 1. The maximum atomic E-state index is 11.5. The van der Waals surface area contributed by atoms with Gasteiger partial charge in [-0.3, -0.25) is 0 Å². The van der Waals surface area contributed by atoms with Crippen molar-refractivity contribution in [3.05, 3.63) is 17.1 Å². The maximum absolute atomic E-state index is 11.5. The molecule has 6 heteroatoms. The number of thiophene rings is 1. The number of hydrogen-bond acceptors (Lipinski definition) is 6. The van der Waals surface area contributed by atoms with Gasteiger partial charge in [-0.15, -0.1) is 11.3 Å². The first kappa shape index (κ1) is 10.7. The van der Waals surface area contributed by atoms with E-state index in [9.17, 15) is 4.79 Å². The predicted octanol–water partition coefficient (Wildman–Crippen LogP) is 1.71. The molecule has 0 unspecified atom stereocenters. The van der Waals surface area contributed by atoms with Gasteiger partial charge in [0, 0.05) is 18.9 Å². The second-order valence-electron chi connectivity index (χ2n) is 3.13. The minimum absolute atomic E-state index is 0.396. The molecule has 0 amide bonds. The third-order valence-electron chi connectivity index (χ3n) is 2.27. The number of nitrogen functional groups attached to an aromatic ring is 1. The molecule has 0 saturated heterocycles. The zero-order valence-corrected chi connectivity index (χ0v) is 9.72. The minimum Gasteiger partial charge on any atom is -0.465 e. The van der Waals surface area contributed by atoms with Gasteiger partial charge in [-0.1, -0.05) is 0 Å². The highest BCUT2D eigenvalue weighted by molar-refractivity contribution is 7.21. The van der Waals surface area contributed by atoms with Crippen molar-refractivity contribution in [3.63, 3.8) is 0 Å². The van der Waals surface area contributed by atoms with Crippen molar-refractivity contribution >= 4 is 38.9 Å². The van der Waals surface area contributed by atoms with Crippen LogP contribution in [0.5, 0.6) is 0 Å². The molecule has 2 rings (SSSR count). The average molecular weight is 237 g/mol. The molecule has 0 saturated carbocycles. The van der Waals surface area contributed by atoms with Gasteiger partial charge in [-0.25, -0.2) is 9.78 Å². The van der Waals surface area contributed by atoms with Crippen LogP contribution in [0, 0.1) is 0 Å².